The molecule has 0 fully saturated rings. The normalized spacial score (nSPS) is 11.2. The van der Waals surface area contributed by atoms with Crippen molar-refractivity contribution in [3.63, 3.8) is 0 Å². The highest BCUT2D eigenvalue weighted by Crippen LogP contribution is 2.21. The Bertz CT molecular complexity index is 968. The van der Waals surface area contributed by atoms with Crippen LogP contribution in [-0.4, -0.2) is 26.3 Å². The third kappa shape index (κ3) is 3.32. The fourth-order valence-electron chi connectivity index (χ4n) is 3.20. The van der Waals surface area contributed by atoms with Crippen LogP contribution < -0.4 is 5.32 Å². The van der Waals surface area contributed by atoms with Crippen molar-refractivity contribution >= 4 is 10.9 Å². The Morgan fingerprint density at radius 3 is 2.80 bits per heavy atom. The van der Waals surface area contributed by atoms with Crippen LogP contribution in [0.1, 0.15) is 11.1 Å². The molecule has 0 aliphatic rings. The summed E-state index contributed by atoms with van der Waals surface area (Å²) in [6.07, 6.45) is 8.79. The van der Waals surface area contributed by atoms with Gasteiger partial charge in [-0.1, -0.05) is 18.2 Å². The largest absolute Gasteiger partial charge is 0.361 e. The number of fused-ring (bicyclic) bond motifs is 1. The molecule has 0 amide bonds. The molecular formula is C20H21N5. The molecule has 4 aromatic rings. The van der Waals surface area contributed by atoms with Gasteiger partial charge in [0.15, 0.2) is 0 Å². The third-order valence-corrected chi connectivity index (χ3v) is 4.42. The standard InChI is InChI=1S/C20H21N5/c1-25-14-17(20(24-25)15-6-9-21-10-7-15)12-22-11-8-16-13-23-19-5-3-2-4-18(16)19/h2-7,9-10,13-14,22-23H,8,11-12H2,1H3. The molecule has 5 nitrogen and oxygen atoms in total. The summed E-state index contributed by atoms with van der Waals surface area (Å²) in [5.41, 5.74) is 5.87. The van der Waals surface area contributed by atoms with E-state index >= 15 is 0 Å². The van der Waals surface area contributed by atoms with Crippen LogP contribution in [0.5, 0.6) is 0 Å². The van der Waals surface area contributed by atoms with Crippen LogP contribution in [0.25, 0.3) is 22.2 Å². The molecule has 0 aliphatic heterocycles. The van der Waals surface area contributed by atoms with E-state index in [1.807, 2.05) is 23.9 Å². The van der Waals surface area contributed by atoms with Gasteiger partial charge in [-0.2, -0.15) is 5.10 Å². The van der Waals surface area contributed by atoms with Crippen molar-refractivity contribution in [2.24, 2.45) is 7.05 Å². The maximum Gasteiger partial charge on any atom is 0.0969 e. The second-order valence-electron chi connectivity index (χ2n) is 6.20. The van der Waals surface area contributed by atoms with Gasteiger partial charge in [0.1, 0.15) is 0 Å². The molecule has 0 aliphatic carbocycles. The van der Waals surface area contributed by atoms with Crippen LogP contribution in [0.4, 0.5) is 0 Å². The van der Waals surface area contributed by atoms with Crippen LogP contribution >= 0.6 is 0 Å². The summed E-state index contributed by atoms with van der Waals surface area (Å²) in [6, 6.07) is 12.4. The molecule has 0 bridgehead atoms. The average molecular weight is 331 g/mol. The number of benzene rings is 1. The molecule has 3 aromatic heterocycles. The predicted molar refractivity (Wildman–Crippen MR) is 100 cm³/mol. The lowest BCUT2D eigenvalue weighted by molar-refractivity contribution is 0.687. The topological polar surface area (TPSA) is 58.5 Å². The molecule has 25 heavy (non-hydrogen) atoms. The summed E-state index contributed by atoms with van der Waals surface area (Å²) in [4.78, 5) is 7.42. The molecule has 126 valence electrons. The van der Waals surface area contributed by atoms with Crippen LogP contribution in [0.2, 0.25) is 0 Å². The smallest absolute Gasteiger partial charge is 0.0969 e. The lowest BCUT2D eigenvalue weighted by Gasteiger charge is -2.05. The van der Waals surface area contributed by atoms with Crippen LogP contribution in [0.3, 0.4) is 0 Å². The van der Waals surface area contributed by atoms with E-state index in [1.54, 1.807) is 12.4 Å². The number of para-hydroxylation sites is 1. The number of rotatable bonds is 6. The zero-order chi connectivity index (χ0) is 17.1. The average Bonchev–Trinajstić information content (AvgIpc) is 3.23. The fraction of sp³-hybridized carbons (Fsp3) is 0.200. The highest BCUT2D eigenvalue weighted by atomic mass is 15.3. The van der Waals surface area contributed by atoms with Gasteiger partial charge in [-0.05, 0) is 36.7 Å². The maximum absolute atomic E-state index is 4.59. The first kappa shape index (κ1) is 15.6. The summed E-state index contributed by atoms with van der Waals surface area (Å²) in [7, 11) is 1.96. The monoisotopic (exact) mass is 331 g/mol. The quantitative estimate of drug-likeness (QED) is 0.533. The van der Waals surface area contributed by atoms with Crippen molar-refractivity contribution in [2.75, 3.05) is 6.54 Å². The molecule has 0 radical (unpaired) electrons. The SMILES string of the molecule is Cn1cc(CNCCc2c[nH]c3ccccc23)c(-c2ccncc2)n1. The van der Waals surface area contributed by atoms with Gasteiger partial charge in [0.2, 0.25) is 0 Å². The van der Waals surface area contributed by atoms with Crippen molar-refractivity contribution < 1.29 is 0 Å². The predicted octanol–water partition coefficient (Wildman–Crippen LogP) is 3.30. The lowest BCUT2D eigenvalue weighted by atomic mass is 10.1. The van der Waals surface area contributed by atoms with Crippen LogP contribution in [-0.2, 0) is 20.0 Å². The Morgan fingerprint density at radius 1 is 1.08 bits per heavy atom. The lowest BCUT2D eigenvalue weighted by Crippen LogP contribution is -2.16. The Balaban J connectivity index is 1.41. The molecule has 1 aromatic carbocycles. The van der Waals surface area contributed by atoms with Crippen molar-refractivity contribution in [1.29, 1.82) is 0 Å². The fourth-order valence-corrected chi connectivity index (χ4v) is 3.20. The molecule has 0 saturated heterocycles. The number of aromatic nitrogens is 4. The first-order valence-corrected chi connectivity index (χ1v) is 8.50. The van der Waals surface area contributed by atoms with E-state index < -0.39 is 0 Å². The molecule has 3 heterocycles. The highest BCUT2D eigenvalue weighted by Gasteiger charge is 2.10. The van der Waals surface area contributed by atoms with E-state index in [0.717, 1.165) is 30.8 Å². The Morgan fingerprint density at radius 2 is 1.92 bits per heavy atom. The molecule has 2 N–H and O–H groups in total. The second-order valence-corrected chi connectivity index (χ2v) is 6.20. The number of aryl methyl sites for hydroxylation is 1. The minimum absolute atomic E-state index is 0.799. The molecule has 0 spiro atoms. The van der Waals surface area contributed by atoms with E-state index in [1.165, 1.54) is 22.0 Å². The van der Waals surface area contributed by atoms with Gasteiger partial charge in [-0.15, -0.1) is 0 Å². The van der Waals surface area contributed by atoms with Gasteiger partial charge < -0.3 is 10.3 Å². The van der Waals surface area contributed by atoms with Crippen LogP contribution in [0.15, 0.2) is 61.2 Å². The number of hydrogen-bond acceptors (Lipinski definition) is 3. The zero-order valence-electron chi connectivity index (χ0n) is 14.2. The van der Waals surface area contributed by atoms with Gasteiger partial charge in [0.05, 0.1) is 5.69 Å². The Labute approximate surface area is 146 Å². The molecule has 0 unspecified atom stereocenters. The summed E-state index contributed by atoms with van der Waals surface area (Å²) < 4.78 is 1.87. The number of nitrogens with zero attached hydrogens (tertiary/aromatic N) is 3. The van der Waals surface area contributed by atoms with E-state index in [9.17, 15) is 0 Å². The molecule has 5 heteroatoms. The number of H-pyrrole nitrogens is 1. The van der Waals surface area contributed by atoms with E-state index in [0.29, 0.717) is 0 Å². The summed E-state index contributed by atoms with van der Waals surface area (Å²) in [6.45, 7) is 1.72. The molecule has 0 saturated carbocycles. The molecule has 0 atom stereocenters. The molecular weight excluding hydrogens is 310 g/mol. The minimum Gasteiger partial charge on any atom is -0.361 e. The summed E-state index contributed by atoms with van der Waals surface area (Å²) >= 11 is 0. The first-order chi connectivity index (χ1) is 12.3. The van der Waals surface area contributed by atoms with Gasteiger partial charge in [0, 0.05) is 60.4 Å². The zero-order valence-corrected chi connectivity index (χ0v) is 14.2. The number of nitrogens with one attached hydrogen (secondary N) is 2. The third-order valence-electron chi connectivity index (χ3n) is 4.42. The number of pyridine rings is 1. The first-order valence-electron chi connectivity index (χ1n) is 8.50. The number of hydrogen-bond donors (Lipinski definition) is 2. The second kappa shape index (κ2) is 6.91. The minimum atomic E-state index is 0.799. The Hall–Kier alpha value is -2.92. The van der Waals surface area contributed by atoms with Gasteiger partial charge in [0.25, 0.3) is 0 Å². The summed E-state index contributed by atoms with van der Waals surface area (Å²) in [5.74, 6) is 0. The highest BCUT2D eigenvalue weighted by molar-refractivity contribution is 5.83. The van der Waals surface area contributed by atoms with E-state index in [2.05, 4.69) is 57.0 Å². The van der Waals surface area contributed by atoms with Gasteiger partial charge in [-0.3, -0.25) is 9.67 Å². The van der Waals surface area contributed by atoms with E-state index in [4.69, 9.17) is 0 Å². The van der Waals surface area contributed by atoms with Crippen molar-refractivity contribution in [3.05, 3.63) is 72.3 Å². The van der Waals surface area contributed by atoms with Crippen molar-refractivity contribution in [3.8, 4) is 11.3 Å². The van der Waals surface area contributed by atoms with Gasteiger partial charge >= 0.3 is 0 Å². The van der Waals surface area contributed by atoms with E-state index in [-0.39, 0.29) is 0 Å². The van der Waals surface area contributed by atoms with Crippen molar-refractivity contribution in [2.45, 2.75) is 13.0 Å². The molecule has 4 rings (SSSR count). The maximum atomic E-state index is 4.59. The summed E-state index contributed by atoms with van der Waals surface area (Å²) in [5, 5.41) is 9.45. The van der Waals surface area contributed by atoms with Gasteiger partial charge in [-0.25, -0.2) is 0 Å². The number of aromatic amines is 1. The Kier molecular flexibility index (Phi) is 4.31. The van der Waals surface area contributed by atoms with Crippen molar-refractivity contribution in [1.82, 2.24) is 25.1 Å². The van der Waals surface area contributed by atoms with Crippen LogP contribution in [0, 0.1) is 0 Å².